The van der Waals surface area contributed by atoms with Crippen molar-refractivity contribution in [2.45, 2.75) is 13.5 Å². The third kappa shape index (κ3) is 5.15. The van der Waals surface area contributed by atoms with Crippen LogP contribution in [0.3, 0.4) is 0 Å². The van der Waals surface area contributed by atoms with Crippen molar-refractivity contribution >= 4 is 91.9 Å². The summed E-state index contributed by atoms with van der Waals surface area (Å²) >= 11 is 25.6. The van der Waals surface area contributed by atoms with Crippen molar-refractivity contribution in [1.82, 2.24) is 15.0 Å². The minimum atomic E-state index is -0.518. The second-order valence-electron chi connectivity index (χ2n) is 8.37. The number of carbonyl (C=O) groups excluding carboxylic acids is 2. The van der Waals surface area contributed by atoms with Crippen molar-refractivity contribution in [3.8, 4) is 0 Å². The number of nitrogens with one attached hydrogen (secondary N) is 1. The quantitative estimate of drug-likeness (QED) is 0.194. The van der Waals surface area contributed by atoms with E-state index < -0.39 is 11.8 Å². The number of aromatic nitrogens is 1. The Balaban J connectivity index is 1.44. The van der Waals surface area contributed by atoms with E-state index >= 15 is 0 Å². The Hall–Kier alpha value is -2.81. The predicted octanol–water partition coefficient (Wildman–Crippen LogP) is 7.50. The molecule has 5 nitrogen and oxygen atoms in total. The second-order valence-corrected chi connectivity index (χ2v) is 11.3. The lowest BCUT2D eigenvalue weighted by molar-refractivity contribution is -0.123. The molecule has 0 bridgehead atoms. The Labute approximate surface area is 238 Å². The molecule has 1 aliphatic heterocycles. The molecule has 1 fully saturated rings. The molecular formula is C27H18Cl3N3O2S2. The average Bonchev–Trinajstić information content (AvgIpc) is 3.33. The van der Waals surface area contributed by atoms with Gasteiger partial charge in [-0.25, -0.2) is 0 Å². The summed E-state index contributed by atoms with van der Waals surface area (Å²) in [6.45, 7) is 2.33. The molecule has 186 valence electrons. The maximum Gasteiger partial charge on any atom is 0.285 e. The average molecular weight is 587 g/mol. The van der Waals surface area contributed by atoms with Gasteiger partial charge in [-0.1, -0.05) is 76.9 Å². The maximum absolute atomic E-state index is 13.2. The zero-order valence-corrected chi connectivity index (χ0v) is 23.2. The molecule has 1 aliphatic rings. The highest BCUT2D eigenvalue weighted by molar-refractivity contribution is 8.26. The van der Waals surface area contributed by atoms with Crippen LogP contribution < -0.4 is 5.43 Å². The minimum absolute atomic E-state index is 0.222. The first-order valence-corrected chi connectivity index (χ1v) is 13.4. The highest BCUT2D eigenvalue weighted by atomic mass is 35.5. The van der Waals surface area contributed by atoms with E-state index in [1.807, 2.05) is 42.0 Å². The molecule has 10 heteroatoms. The van der Waals surface area contributed by atoms with Gasteiger partial charge < -0.3 is 4.57 Å². The van der Waals surface area contributed by atoms with E-state index in [1.165, 1.54) is 0 Å². The maximum atomic E-state index is 13.2. The van der Waals surface area contributed by atoms with Crippen LogP contribution >= 0.6 is 58.8 Å². The first kappa shape index (κ1) is 25.8. The predicted molar refractivity (Wildman–Crippen MR) is 156 cm³/mol. The molecule has 1 aromatic heterocycles. The SMILES string of the molecule is Cc1ccc(C(=O)NN2C(=O)/C(=C/c3cn(Cc4c(Cl)cccc4Cl)c4ccccc34)SC2=S)c(Cl)c1. The standard InChI is InChI=1S/C27H18Cl3N3O2S2/c1-15-9-10-18(22(30)11-15)25(34)31-33-26(35)24(37-27(33)36)12-16-13-32(23-8-3-2-5-17(16)23)14-19-20(28)6-4-7-21(19)29/h2-13H,14H2,1H3,(H,31,34)/b24-12-. The Kier molecular flexibility index (Phi) is 7.34. The van der Waals surface area contributed by atoms with Gasteiger partial charge in [-0.05, 0) is 61.1 Å². The van der Waals surface area contributed by atoms with Crippen molar-refractivity contribution < 1.29 is 9.59 Å². The van der Waals surface area contributed by atoms with Crippen LogP contribution in [0.5, 0.6) is 0 Å². The van der Waals surface area contributed by atoms with Gasteiger partial charge in [0.25, 0.3) is 11.8 Å². The summed E-state index contributed by atoms with van der Waals surface area (Å²) in [5.74, 6) is -0.937. The van der Waals surface area contributed by atoms with Crippen LogP contribution in [0, 0.1) is 6.92 Å². The molecule has 4 aromatic rings. The van der Waals surface area contributed by atoms with Crippen LogP contribution in [0.2, 0.25) is 15.1 Å². The number of nitrogens with zero attached hydrogens (tertiary/aromatic N) is 2. The lowest BCUT2D eigenvalue weighted by atomic mass is 10.1. The lowest BCUT2D eigenvalue weighted by Crippen LogP contribution is -2.44. The Bertz CT molecular complexity index is 1610. The molecule has 3 aromatic carbocycles. The molecule has 0 atom stereocenters. The number of carbonyl (C=O) groups is 2. The topological polar surface area (TPSA) is 54.3 Å². The van der Waals surface area contributed by atoms with Crippen LogP contribution in [0.25, 0.3) is 17.0 Å². The van der Waals surface area contributed by atoms with E-state index in [9.17, 15) is 9.59 Å². The molecule has 0 saturated carbocycles. The fourth-order valence-corrected chi connectivity index (χ4v) is 6.05. The molecule has 0 radical (unpaired) electrons. The number of amides is 2. The van der Waals surface area contributed by atoms with Crippen LogP contribution in [-0.4, -0.2) is 25.7 Å². The van der Waals surface area contributed by atoms with Crippen LogP contribution in [0.15, 0.2) is 71.8 Å². The van der Waals surface area contributed by atoms with E-state index in [1.54, 1.807) is 42.5 Å². The minimum Gasteiger partial charge on any atom is -0.342 e. The van der Waals surface area contributed by atoms with E-state index in [0.29, 0.717) is 26.5 Å². The highest BCUT2D eigenvalue weighted by Gasteiger charge is 2.34. The van der Waals surface area contributed by atoms with E-state index in [4.69, 9.17) is 47.0 Å². The number of thiocarbonyl (C=S) groups is 1. The molecule has 1 saturated heterocycles. The van der Waals surface area contributed by atoms with E-state index in [0.717, 1.165) is 44.4 Å². The number of halogens is 3. The number of rotatable bonds is 5. The number of para-hydroxylation sites is 1. The first-order chi connectivity index (χ1) is 17.7. The molecule has 0 spiro atoms. The zero-order valence-electron chi connectivity index (χ0n) is 19.3. The Morgan fingerprint density at radius 1 is 1.03 bits per heavy atom. The third-order valence-corrected chi connectivity index (χ3v) is 8.20. The summed E-state index contributed by atoms with van der Waals surface area (Å²) in [5, 5.41) is 3.48. The van der Waals surface area contributed by atoms with Crippen LogP contribution in [0.4, 0.5) is 0 Å². The number of hydrazine groups is 1. The van der Waals surface area contributed by atoms with Gasteiger partial charge in [0.1, 0.15) is 0 Å². The molecular weight excluding hydrogens is 569 g/mol. The summed E-state index contributed by atoms with van der Waals surface area (Å²) in [6.07, 6.45) is 3.72. The van der Waals surface area contributed by atoms with Gasteiger partial charge in [0, 0.05) is 38.3 Å². The summed E-state index contributed by atoms with van der Waals surface area (Å²) in [4.78, 5) is 26.4. The first-order valence-electron chi connectivity index (χ1n) is 11.1. The number of thioether (sulfide) groups is 1. The molecule has 1 N–H and O–H groups in total. The van der Waals surface area contributed by atoms with Gasteiger partial charge in [0.15, 0.2) is 4.32 Å². The van der Waals surface area contributed by atoms with Gasteiger partial charge in [-0.15, -0.1) is 0 Å². The summed E-state index contributed by atoms with van der Waals surface area (Å²) < 4.78 is 2.26. The van der Waals surface area contributed by atoms with E-state index in [2.05, 4.69) is 5.43 Å². The van der Waals surface area contributed by atoms with Gasteiger partial charge >= 0.3 is 0 Å². The monoisotopic (exact) mass is 585 g/mol. The Morgan fingerprint density at radius 3 is 2.49 bits per heavy atom. The van der Waals surface area contributed by atoms with Gasteiger partial charge in [-0.2, -0.15) is 5.01 Å². The fourth-order valence-electron chi connectivity index (χ4n) is 4.05. The number of aryl methyl sites for hydroxylation is 1. The molecule has 0 unspecified atom stereocenters. The molecule has 2 heterocycles. The number of benzene rings is 3. The van der Waals surface area contributed by atoms with Crippen LogP contribution in [-0.2, 0) is 11.3 Å². The van der Waals surface area contributed by atoms with Gasteiger partial charge in [0.2, 0.25) is 0 Å². The Morgan fingerprint density at radius 2 is 1.76 bits per heavy atom. The number of hydrogen-bond donors (Lipinski definition) is 1. The van der Waals surface area contributed by atoms with Crippen molar-refractivity contribution in [2.75, 3.05) is 0 Å². The molecule has 5 rings (SSSR count). The molecule has 2 amide bonds. The van der Waals surface area contributed by atoms with Gasteiger partial charge in [-0.3, -0.25) is 15.0 Å². The van der Waals surface area contributed by atoms with Crippen molar-refractivity contribution in [3.05, 3.63) is 109 Å². The highest BCUT2D eigenvalue weighted by Crippen LogP contribution is 2.35. The number of fused-ring (bicyclic) bond motifs is 1. The van der Waals surface area contributed by atoms with E-state index in [-0.39, 0.29) is 9.88 Å². The zero-order chi connectivity index (χ0) is 26.3. The molecule has 0 aliphatic carbocycles. The summed E-state index contributed by atoms with van der Waals surface area (Å²) in [6, 6.07) is 18.3. The van der Waals surface area contributed by atoms with Crippen molar-refractivity contribution in [1.29, 1.82) is 0 Å². The smallest absolute Gasteiger partial charge is 0.285 e. The van der Waals surface area contributed by atoms with Crippen molar-refractivity contribution in [2.24, 2.45) is 0 Å². The van der Waals surface area contributed by atoms with Crippen LogP contribution in [0.1, 0.15) is 27.0 Å². The molecule has 37 heavy (non-hydrogen) atoms. The van der Waals surface area contributed by atoms with Gasteiger partial charge in [0.05, 0.1) is 22.0 Å². The van der Waals surface area contributed by atoms with Crippen molar-refractivity contribution in [3.63, 3.8) is 0 Å². The number of hydrogen-bond acceptors (Lipinski definition) is 4. The fraction of sp³-hybridized carbons (Fsp3) is 0.0741. The third-order valence-electron chi connectivity index (χ3n) is 5.87. The second kappa shape index (κ2) is 10.5. The normalized spacial score (nSPS) is 14.7. The summed E-state index contributed by atoms with van der Waals surface area (Å²) in [5.41, 5.74) is 6.35. The largest absolute Gasteiger partial charge is 0.342 e. The summed E-state index contributed by atoms with van der Waals surface area (Å²) in [7, 11) is 0. The lowest BCUT2D eigenvalue weighted by Gasteiger charge is -2.16.